The Balaban J connectivity index is 3.83. The Hall–Kier alpha value is -1.28. The van der Waals surface area contributed by atoms with Gasteiger partial charge in [-0.15, -0.1) is 0 Å². The number of carbonyl (C=O) groups is 1. The predicted molar refractivity (Wildman–Crippen MR) is 281 cm³/mol. The topological polar surface area (TPSA) is 105 Å². The number of hydrogen-bond donors (Lipinski definition) is 3. The Morgan fingerprint density at radius 2 is 0.877 bits per heavy atom. The van der Waals surface area contributed by atoms with E-state index >= 15 is 0 Å². The van der Waals surface area contributed by atoms with E-state index in [-0.39, 0.29) is 19.1 Å². The van der Waals surface area contributed by atoms with Crippen molar-refractivity contribution in [2.75, 3.05) is 40.9 Å². The fraction of sp³-hybridized carbons (Fsp3) is 0.875. The number of phosphoric acid groups is 1. The molecule has 3 unspecified atom stereocenters. The molecular formula is C56H110N2O6P+. The number of quaternary nitrogens is 1. The van der Waals surface area contributed by atoms with Crippen LogP contribution in [-0.4, -0.2) is 73.4 Å². The molecule has 0 aliphatic heterocycles. The van der Waals surface area contributed by atoms with Gasteiger partial charge in [-0.25, -0.2) is 4.57 Å². The number of hydrogen-bond acceptors (Lipinski definition) is 5. The number of unbranched alkanes of at least 4 members (excludes halogenated alkanes) is 34. The molecule has 384 valence electrons. The van der Waals surface area contributed by atoms with Gasteiger partial charge in [0.1, 0.15) is 13.2 Å². The minimum atomic E-state index is -4.33. The van der Waals surface area contributed by atoms with Crippen molar-refractivity contribution in [3.8, 4) is 0 Å². The molecule has 3 N–H and O–H groups in total. The van der Waals surface area contributed by atoms with Crippen molar-refractivity contribution in [2.24, 2.45) is 0 Å². The van der Waals surface area contributed by atoms with Crippen LogP contribution in [0.15, 0.2) is 36.5 Å². The summed E-state index contributed by atoms with van der Waals surface area (Å²) in [4.78, 5) is 23.1. The Morgan fingerprint density at radius 1 is 0.523 bits per heavy atom. The van der Waals surface area contributed by atoms with Gasteiger partial charge in [-0.2, -0.15) is 0 Å². The lowest BCUT2D eigenvalue weighted by molar-refractivity contribution is -0.870. The third-order valence-corrected chi connectivity index (χ3v) is 13.6. The fourth-order valence-electron chi connectivity index (χ4n) is 8.19. The van der Waals surface area contributed by atoms with E-state index in [0.717, 1.165) is 44.9 Å². The third-order valence-electron chi connectivity index (χ3n) is 12.6. The summed E-state index contributed by atoms with van der Waals surface area (Å²) in [7, 11) is 1.58. The van der Waals surface area contributed by atoms with Crippen LogP contribution in [-0.2, 0) is 18.4 Å². The average Bonchev–Trinajstić information content (AvgIpc) is 3.26. The monoisotopic (exact) mass is 938 g/mol. The molecule has 8 nitrogen and oxygen atoms in total. The number of rotatable bonds is 51. The van der Waals surface area contributed by atoms with Crippen molar-refractivity contribution in [3.63, 3.8) is 0 Å². The summed E-state index contributed by atoms with van der Waals surface area (Å²) in [6.45, 7) is 4.78. The fourth-order valence-corrected chi connectivity index (χ4v) is 8.93. The molecule has 0 aliphatic carbocycles. The van der Waals surface area contributed by atoms with Gasteiger partial charge in [0.15, 0.2) is 0 Å². The summed E-state index contributed by atoms with van der Waals surface area (Å²) in [6.07, 6.45) is 61.4. The molecule has 0 aliphatic rings. The van der Waals surface area contributed by atoms with Gasteiger partial charge < -0.3 is 19.8 Å². The average molecular weight is 938 g/mol. The van der Waals surface area contributed by atoms with Gasteiger partial charge in [0.2, 0.25) is 5.91 Å². The van der Waals surface area contributed by atoms with E-state index in [1.165, 1.54) is 199 Å². The standard InChI is InChI=1S/C56H109N2O6P/c1-6-8-10-12-14-16-17-18-19-20-21-22-23-24-25-26-27-28-29-30-31-32-33-34-35-36-37-38-39-40-41-42-44-46-48-50-56(60)57-54(53-64-65(61,62)63-52-51-58(3,4)5)55(59)49-47-45-43-15-13-11-9-7-2/h17-18,20-21,47,49,54-55,59H,6-16,19,22-46,48,50-53H2,1-5H3,(H-,57,60,61,62)/p+1/b18-17-,21-20-,49-47+. The van der Waals surface area contributed by atoms with Crippen LogP contribution in [0.25, 0.3) is 0 Å². The maximum atomic E-state index is 12.9. The molecule has 0 aromatic carbocycles. The molecule has 0 bridgehead atoms. The van der Waals surface area contributed by atoms with Crippen molar-refractivity contribution >= 4 is 13.7 Å². The van der Waals surface area contributed by atoms with E-state index in [1.807, 2.05) is 27.2 Å². The molecular weight excluding hydrogens is 828 g/mol. The Bertz CT molecular complexity index is 1150. The number of allylic oxidation sites excluding steroid dienone is 5. The highest BCUT2D eigenvalue weighted by atomic mass is 31.2. The molecule has 0 heterocycles. The van der Waals surface area contributed by atoms with Crippen LogP contribution in [0.4, 0.5) is 0 Å². The van der Waals surface area contributed by atoms with Gasteiger partial charge in [0.25, 0.3) is 0 Å². The number of nitrogens with zero attached hydrogens (tertiary/aromatic N) is 1. The van der Waals surface area contributed by atoms with Gasteiger partial charge in [0, 0.05) is 6.42 Å². The smallest absolute Gasteiger partial charge is 0.387 e. The summed E-state index contributed by atoms with van der Waals surface area (Å²) in [5.41, 5.74) is 0. The number of amides is 1. The molecule has 0 radical (unpaired) electrons. The van der Waals surface area contributed by atoms with Crippen molar-refractivity contribution in [2.45, 2.75) is 276 Å². The molecule has 0 aromatic rings. The van der Waals surface area contributed by atoms with Crippen LogP contribution in [0.1, 0.15) is 264 Å². The molecule has 0 spiro atoms. The molecule has 0 aromatic heterocycles. The first-order chi connectivity index (χ1) is 31.5. The number of aliphatic hydroxyl groups excluding tert-OH is 1. The molecule has 0 fully saturated rings. The van der Waals surface area contributed by atoms with Crippen LogP contribution >= 0.6 is 7.82 Å². The highest BCUT2D eigenvalue weighted by molar-refractivity contribution is 7.47. The number of carbonyl (C=O) groups excluding carboxylic acids is 1. The Morgan fingerprint density at radius 3 is 1.26 bits per heavy atom. The van der Waals surface area contributed by atoms with Crippen molar-refractivity contribution in [3.05, 3.63) is 36.5 Å². The SMILES string of the molecule is CCCCCCC/C=C\C/C=C\CCCCCCCCCCCCCCCCCCCCCCCCCC(=O)NC(COP(=O)(O)OCC[N+](C)(C)C)C(O)/C=C/CCCCCCCC. The second-order valence-electron chi connectivity index (χ2n) is 20.3. The lowest BCUT2D eigenvalue weighted by Crippen LogP contribution is -2.45. The summed E-state index contributed by atoms with van der Waals surface area (Å²) in [5, 5.41) is 13.8. The lowest BCUT2D eigenvalue weighted by Gasteiger charge is -2.25. The highest BCUT2D eigenvalue weighted by Crippen LogP contribution is 2.43. The third kappa shape index (κ3) is 50.4. The maximum Gasteiger partial charge on any atom is 0.472 e. The van der Waals surface area contributed by atoms with Gasteiger partial charge in [-0.05, 0) is 51.4 Å². The summed E-state index contributed by atoms with van der Waals surface area (Å²) in [6, 6.07) is -0.841. The van der Waals surface area contributed by atoms with Crippen LogP contribution < -0.4 is 5.32 Å². The number of likely N-dealkylation sites (N-methyl/N-ethyl adjacent to an activating group) is 1. The Labute approximate surface area is 404 Å². The minimum Gasteiger partial charge on any atom is -0.387 e. The predicted octanol–water partition coefficient (Wildman–Crippen LogP) is 16.6. The van der Waals surface area contributed by atoms with E-state index < -0.39 is 20.0 Å². The normalized spacial score (nSPS) is 14.3. The minimum absolute atomic E-state index is 0.0627. The van der Waals surface area contributed by atoms with Gasteiger partial charge in [0.05, 0.1) is 39.9 Å². The van der Waals surface area contributed by atoms with Gasteiger partial charge >= 0.3 is 7.82 Å². The van der Waals surface area contributed by atoms with Gasteiger partial charge in [-0.1, -0.05) is 243 Å². The Kier molecular flexibility index (Phi) is 46.8. The highest BCUT2D eigenvalue weighted by Gasteiger charge is 2.27. The quantitative estimate of drug-likeness (QED) is 0.0243. The summed E-state index contributed by atoms with van der Waals surface area (Å²) in [5.74, 6) is -0.177. The molecule has 9 heteroatoms. The van der Waals surface area contributed by atoms with E-state index in [9.17, 15) is 19.4 Å². The van der Waals surface area contributed by atoms with Crippen LogP contribution in [0.5, 0.6) is 0 Å². The van der Waals surface area contributed by atoms with Gasteiger partial charge in [-0.3, -0.25) is 13.8 Å². The second kappa shape index (κ2) is 47.8. The number of nitrogens with one attached hydrogen (secondary N) is 1. The van der Waals surface area contributed by atoms with Crippen molar-refractivity contribution in [1.82, 2.24) is 5.32 Å². The van der Waals surface area contributed by atoms with Crippen molar-refractivity contribution in [1.29, 1.82) is 0 Å². The van der Waals surface area contributed by atoms with Crippen LogP contribution in [0, 0.1) is 0 Å². The number of phosphoric ester groups is 1. The molecule has 65 heavy (non-hydrogen) atoms. The van der Waals surface area contributed by atoms with E-state index in [0.29, 0.717) is 17.4 Å². The first kappa shape index (κ1) is 63.7. The molecule has 1 amide bonds. The zero-order chi connectivity index (χ0) is 47.8. The zero-order valence-electron chi connectivity index (χ0n) is 43.7. The molecule has 0 saturated carbocycles. The molecule has 3 atom stereocenters. The number of aliphatic hydroxyl groups is 1. The van der Waals surface area contributed by atoms with E-state index in [4.69, 9.17) is 9.05 Å². The second-order valence-corrected chi connectivity index (χ2v) is 21.8. The first-order valence-electron chi connectivity index (χ1n) is 27.9. The van der Waals surface area contributed by atoms with E-state index in [2.05, 4.69) is 43.5 Å². The first-order valence-corrected chi connectivity index (χ1v) is 29.4. The molecule has 0 rings (SSSR count). The van der Waals surface area contributed by atoms with Crippen molar-refractivity contribution < 1.29 is 32.9 Å². The summed E-state index contributed by atoms with van der Waals surface area (Å²) >= 11 is 0. The van der Waals surface area contributed by atoms with Crippen LogP contribution in [0.2, 0.25) is 0 Å². The maximum absolute atomic E-state index is 12.9. The zero-order valence-corrected chi connectivity index (χ0v) is 44.6. The van der Waals surface area contributed by atoms with E-state index in [1.54, 1.807) is 6.08 Å². The lowest BCUT2D eigenvalue weighted by atomic mass is 10.0. The molecule has 0 saturated heterocycles. The summed E-state index contributed by atoms with van der Waals surface area (Å²) < 4.78 is 23.5. The largest absolute Gasteiger partial charge is 0.472 e. The van der Waals surface area contributed by atoms with Crippen LogP contribution in [0.3, 0.4) is 0 Å².